The minimum absolute atomic E-state index is 0.167. The van der Waals surface area contributed by atoms with Gasteiger partial charge in [0.25, 0.3) is 0 Å². The highest BCUT2D eigenvalue weighted by atomic mass is 35.5. The van der Waals surface area contributed by atoms with Gasteiger partial charge in [-0.3, -0.25) is 9.59 Å². The summed E-state index contributed by atoms with van der Waals surface area (Å²) < 4.78 is 16.6. The summed E-state index contributed by atoms with van der Waals surface area (Å²) in [6.07, 6.45) is 4.87. The van der Waals surface area contributed by atoms with Crippen molar-refractivity contribution in [3.8, 4) is 0 Å². The maximum atomic E-state index is 11.1. The van der Waals surface area contributed by atoms with E-state index in [1.54, 1.807) is 47.4 Å². The molecule has 0 spiro atoms. The first kappa shape index (κ1) is 33.5. The number of nitrogens with one attached hydrogen (secondary N) is 2. The van der Waals surface area contributed by atoms with Crippen molar-refractivity contribution in [2.75, 3.05) is 16.4 Å². The molecule has 1 aliphatic rings. The van der Waals surface area contributed by atoms with E-state index in [1.165, 1.54) is 22.9 Å². The number of carbonyl (C=O) groups excluding carboxylic acids is 2. The predicted octanol–water partition coefficient (Wildman–Crippen LogP) is 3.29. The fourth-order valence-corrected chi connectivity index (χ4v) is 4.49. The normalized spacial score (nSPS) is 14.8. The summed E-state index contributed by atoms with van der Waals surface area (Å²) in [5.74, 6) is 1.03. The van der Waals surface area contributed by atoms with Crippen LogP contribution in [0.3, 0.4) is 0 Å². The number of anilines is 3. The van der Waals surface area contributed by atoms with Crippen LogP contribution in [0, 0.1) is 0 Å². The van der Waals surface area contributed by atoms with Crippen LogP contribution in [0.5, 0.6) is 0 Å². The molecule has 1 aliphatic heterocycles. The molecule has 1 fully saturated rings. The highest BCUT2D eigenvalue weighted by Crippen LogP contribution is 2.36. The Morgan fingerprint density at radius 2 is 1.13 bits per heavy atom. The molecular weight excluding hydrogens is 650 g/mol. The molecule has 7 heterocycles. The molecule has 7 rings (SSSR count). The molecule has 19 heteroatoms. The molecule has 0 bridgehead atoms. The van der Waals surface area contributed by atoms with Gasteiger partial charge in [0.1, 0.15) is 16.1 Å². The van der Waals surface area contributed by atoms with Crippen molar-refractivity contribution < 1.29 is 18.9 Å². The van der Waals surface area contributed by atoms with Crippen molar-refractivity contribution in [3.63, 3.8) is 0 Å². The van der Waals surface area contributed by atoms with Crippen LogP contribution in [0.4, 0.5) is 17.5 Å². The van der Waals surface area contributed by atoms with E-state index in [4.69, 9.17) is 38.2 Å². The number of imidazole rings is 3. The summed E-state index contributed by atoms with van der Waals surface area (Å²) in [7, 11) is -0.527. The summed E-state index contributed by atoms with van der Waals surface area (Å²) >= 11 is 11.3. The molecule has 0 saturated carbocycles. The third-order valence-electron chi connectivity index (χ3n) is 7.04. The summed E-state index contributed by atoms with van der Waals surface area (Å²) in [5.41, 5.74) is 7.25. The molecule has 2 amide bonds. The third kappa shape index (κ3) is 7.94. The van der Waals surface area contributed by atoms with Crippen LogP contribution in [0.2, 0.25) is 10.3 Å². The Hall–Kier alpha value is -4.84. The van der Waals surface area contributed by atoms with Gasteiger partial charge in [0, 0.05) is 13.8 Å². The average molecular weight is 681 g/mol. The van der Waals surface area contributed by atoms with Gasteiger partial charge in [-0.2, -0.15) is 15.3 Å². The Balaban J connectivity index is 0.000000149. The topological polar surface area (TPSA) is 193 Å². The fraction of sp³-hybridized carbons (Fsp3) is 0.286. The fourth-order valence-electron chi connectivity index (χ4n) is 4.20. The van der Waals surface area contributed by atoms with E-state index in [0.717, 1.165) is 0 Å². The Labute approximate surface area is 278 Å². The van der Waals surface area contributed by atoms with Crippen LogP contribution in [0.25, 0.3) is 16.9 Å². The van der Waals surface area contributed by atoms with Gasteiger partial charge in [-0.05, 0) is 64.1 Å². The largest absolute Gasteiger partial charge is 0.516 e. The second-order valence-electron chi connectivity index (χ2n) is 11.3. The van der Waals surface area contributed by atoms with E-state index in [-0.39, 0.29) is 11.8 Å². The lowest BCUT2D eigenvalue weighted by atomic mass is 9.85. The lowest BCUT2D eigenvalue weighted by Crippen LogP contribution is -2.41. The van der Waals surface area contributed by atoms with Crippen molar-refractivity contribution in [1.29, 1.82) is 0 Å². The van der Waals surface area contributed by atoms with Crippen molar-refractivity contribution in [2.45, 2.75) is 52.7 Å². The zero-order valence-electron chi connectivity index (χ0n) is 26.3. The standard InChI is InChI=1S/C14H19BN4O3.C8H7ClN4O.C6H5ClN4/c1-9(20)16-11-8-19-12(17-11)7-6-10(18-19)15-21-13(2,3)14(4,5)22-15;1-5(14)10-7-4-13-8(11-7)3-2-6(9)12-13;7-4-1-2-6-9-5(8)3-11(6)10-4/h6-8H,1-5H3,(H,16,20);2-4H,1H3,(H,10,14);1-3H,8H2. The van der Waals surface area contributed by atoms with Gasteiger partial charge in [-0.15, -0.1) is 0 Å². The summed E-state index contributed by atoms with van der Waals surface area (Å²) in [6.45, 7) is 10.8. The number of amides is 2. The minimum Gasteiger partial charge on any atom is -0.398 e. The number of rotatable bonds is 3. The van der Waals surface area contributed by atoms with Gasteiger partial charge in [0.2, 0.25) is 11.8 Å². The Morgan fingerprint density at radius 1 is 0.702 bits per heavy atom. The summed E-state index contributed by atoms with van der Waals surface area (Å²) in [6, 6.07) is 10.4. The minimum atomic E-state index is -0.527. The molecular formula is C28H31BCl2N12O4. The Morgan fingerprint density at radius 3 is 1.62 bits per heavy atom. The van der Waals surface area contributed by atoms with Gasteiger partial charge in [0.15, 0.2) is 28.6 Å². The molecule has 1 saturated heterocycles. The number of nitrogen functional groups attached to an aromatic ring is 1. The molecule has 4 N–H and O–H groups in total. The molecule has 16 nitrogen and oxygen atoms in total. The molecule has 0 unspecified atom stereocenters. The summed E-state index contributed by atoms with van der Waals surface area (Å²) in [4.78, 5) is 34.2. The molecule has 6 aromatic rings. The molecule has 0 radical (unpaired) electrons. The quantitative estimate of drug-likeness (QED) is 0.232. The van der Waals surface area contributed by atoms with Crippen LogP contribution >= 0.6 is 23.2 Å². The number of carbonyl (C=O) groups is 2. The van der Waals surface area contributed by atoms with E-state index < -0.39 is 18.3 Å². The first-order valence-electron chi connectivity index (χ1n) is 14.1. The number of fused-ring (bicyclic) bond motifs is 3. The smallest absolute Gasteiger partial charge is 0.398 e. The molecule has 0 atom stereocenters. The van der Waals surface area contributed by atoms with E-state index in [0.29, 0.717) is 50.3 Å². The molecule has 244 valence electrons. The van der Waals surface area contributed by atoms with Crippen LogP contribution in [-0.4, -0.2) is 73.9 Å². The van der Waals surface area contributed by atoms with Crippen molar-refractivity contribution >= 4 is 82.1 Å². The van der Waals surface area contributed by atoms with E-state index in [2.05, 4.69) is 40.9 Å². The SMILES string of the molecule is CC(=O)Nc1cn2nc(B3OC(C)(C)C(C)(C)O3)ccc2n1.CC(=O)Nc1cn2nc(Cl)ccc2n1.Nc1cn2nc(Cl)ccc2n1. The number of hydrogen-bond donors (Lipinski definition) is 3. The lowest BCUT2D eigenvalue weighted by molar-refractivity contribution is -0.115. The lowest BCUT2D eigenvalue weighted by Gasteiger charge is -2.32. The monoisotopic (exact) mass is 680 g/mol. The highest BCUT2D eigenvalue weighted by molar-refractivity contribution is 6.61. The first-order chi connectivity index (χ1) is 22.1. The van der Waals surface area contributed by atoms with Crippen molar-refractivity contribution in [2.24, 2.45) is 0 Å². The maximum absolute atomic E-state index is 11.1. The zero-order chi connectivity index (χ0) is 34.1. The van der Waals surface area contributed by atoms with Gasteiger partial charge >= 0.3 is 7.12 Å². The van der Waals surface area contributed by atoms with Crippen LogP contribution in [0.15, 0.2) is 55.0 Å². The third-order valence-corrected chi connectivity index (χ3v) is 7.44. The van der Waals surface area contributed by atoms with E-state index in [9.17, 15) is 9.59 Å². The maximum Gasteiger partial charge on any atom is 0.516 e. The highest BCUT2D eigenvalue weighted by Gasteiger charge is 2.52. The van der Waals surface area contributed by atoms with E-state index in [1.807, 2.05) is 39.8 Å². The molecule has 0 aromatic carbocycles. The van der Waals surface area contributed by atoms with Gasteiger partial charge in [0.05, 0.1) is 35.4 Å². The first-order valence-corrected chi connectivity index (χ1v) is 14.9. The summed E-state index contributed by atoms with van der Waals surface area (Å²) in [5, 5.41) is 18.4. The average Bonchev–Trinajstić information content (AvgIpc) is 3.70. The van der Waals surface area contributed by atoms with Gasteiger partial charge in [-0.25, -0.2) is 28.5 Å². The van der Waals surface area contributed by atoms with Crippen LogP contribution in [0.1, 0.15) is 41.5 Å². The molecule has 0 aliphatic carbocycles. The number of nitrogens with two attached hydrogens (primary N) is 1. The van der Waals surface area contributed by atoms with Gasteiger partial charge in [-0.1, -0.05) is 23.2 Å². The Bertz CT molecular complexity index is 2080. The number of hydrogen-bond acceptors (Lipinski definition) is 11. The van der Waals surface area contributed by atoms with Crippen molar-refractivity contribution in [1.82, 2.24) is 43.8 Å². The van der Waals surface area contributed by atoms with E-state index >= 15 is 0 Å². The second-order valence-corrected chi connectivity index (χ2v) is 12.1. The van der Waals surface area contributed by atoms with Gasteiger partial charge < -0.3 is 25.7 Å². The second kappa shape index (κ2) is 13.1. The molecule has 47 heavy (non-hydrogen) atoms. The molecule has 6 aromatic heterocycles. The van der Waals surface area contributed by atoms with Crippen LogP contribution < -0.4 is 22.0 Å². The van der Waals surface area contributed by atoms with Crippen LogP contribution in [-0.2, 0) is 18.9 Å². The number of aromatic nitrogens is 9. The number of halogens is 2. The number of nitrogens with zero attached hydrogens (tertiary/aromatic N) is 9. The van der Waals surface area contributed by atoms with Crippen molar-refractivity contribution in [3.05, 3.63) is 65.3 Å². The Kier molecular flexibility index (Phi) is 9.35. The predicted molar refractivity (Wildman–Crippen MR) is 178 cm³/mol. The zero-order valence-corrected chi connectivity index (χ0v) is 27.8.